The molecule has 1 heterocycles. The molecule has 0 bridgehead atoms. The van der Waals surface area contributed by atoms with Gasteiger partial charge in [-0.3, -0.25) is 4.79 Å². The second-order valence-electron chi connectivity index (χ2n) is 4.70. The molecule has 1 N–H and O–H groups in total. The van der Waals surface area contributed by atoms with E-state index in [0.717, 1.165) is 5.56 Å². The molecule has 3 rings (SSSR count). The minimum absolute atomic E-state index is 0.0763. The molecule has 1 amide bonds. The summed E-state index contributed by atoms with van der Waals surface area (Å²) in [4.78, 5) is 12.0. The molecule has 1 aromatic heterocycles. The van der Waals surface area contributed by atoms with Crippen LogP contribution in [0, 0.1) is 5.82 Å². The standard InChI is InChI=1S/C16H11ClFN3O2/c17-13-7-2-1-4-11(13)9-19-14(22)16-21-20-15(23-16)10-5-3-6-12(18)8-10/h1-8H,9H2,(H,19,22). The van der Waals surface area contributed by atoms with E-state index in [1.807, 2.05) is 6.07 Å². The third-order valence-electron chi connectivity index (χ3n) is 3.09. The zero-order valence-corrected chi connectivity index (χ0v) is 12.5. The van der Waals surface area contributed by atoms with Crippen LogP contribution in [0.4, 0.5) is 4.39 Å². The molecule has 3 aromatic rings. The van der Waals surface area contributed by atoms with Gasteiger partial charge < -0.3 is 9.73 Å². The Hall–Kier alpha value is -2.73. The lowest BCUT2D eigenvalue weighted by Gasteiger charge is -2.04. The van der Waals surface area contributed by atoms with Crippen molar-refractivity contribution in [2.75, 3.05) is 0 Å². The number of carbonyl (C=O) groups excluding carboxylic acids is 1. The van der Waals surface area contributed by atoms with Crippen LogP contribution < -0.4 is 5.32 Å². The summed E-state index contributed by atoms with van der Waals surface area (Å²) in [6, 6.07) is 12.8. The van der Waals surface area contributed by atoms with Gasteiger partial charge in [0, 0.05) is 17.1 Å². The van der Waals surface area contributed by atoms with Crippen molar-refractivity contribution >= 4 is 17.5 Å². The summed E-state index contributed by atoms with van der Waals surface area (Å²) in [6.45, 7) is 0.232. The van der Waals surface area contributed by atoms with Gasteiger partial charge in [0.2, 0.25) is 5.89 Å². The van der Waals surface area contributed by atoms with E-state index in [4.69, 9.17) is 16.0 Å². The number of aromatic nitrogens is 2. The van der Waals surface area contributed by atoms with Gasteiger partial charge in [0.25, 0.3) is 0 Å². The summed E-state index contributed by atoms with van der Waals surface area (Å²) in [6.07, 6.45) is 0. The molecule has 2 aromatic carbocycles. The molecular weight excluding hydrogens is 321 g/mol. The first-order valence-electron chi connectivity index (χ1n) is 6.74. The number of halogens is 2. The van der Waals surface area contributed by atoms with Crippen molar-refractivity contribution in [1.82, 2.24) is 15.5 Å². The molecule has 0 atom stereocenters. The number of rotatable bonds is 4. The van der Waals surface area contributed by atoms with E-state index in [-0.39, 0.29) is 18.3 Å². The fraction of sp³-hybridized carbons (Fsp3) is 0.0625. The molecular formula is C16H11ClFN3O2. The molecule has 0 unspecified atom stereocenters. The van der Waals surface area contributed by atoms with E-state index in [1.54, 1.807) is 24.3 Å². The van der Waals surface area contributed by atoms with Gasteiger partial charge in [-0.25, -0.2) is 4.39 Å². The SMILES string of the molecule is O=C(NCc1ccccc1Cl)c1nnc(-c2cccc(F)c2)o1. The molecule has 0 spiro atoms. The monoisotopic (exact) mass is 331 g/mol. The Labute approximate surface area is 136 Å². The lowest BCUT2D eigenvalue weighted by molar-refractivity contribution is 0.0917. The first-order chi connectivity index (χ1) is 11.1. The minimum Gasteiger partial charge on any atom is -0.412 e. The van der Waals surface area contributed by atoms with Crippen LogP contribution in [0.2, 0.25) is 5.02 Å². The van der Waals surface area contributed by atoms with Crippen LogP contribution in [0.5, 0.6) is 0 Å². The van der Waals surface area contributed by atoms with Crippen molar-refractivity contribution in [3.8, 4) is 11.5 Å². The molecule has 0 fully saturated rings. The normalized spacial score (nSPS) is 10.5. The number of nitrogens with zero attached hydrogens (tertiary/aromatic N) is 2. The van der Waals surface area contributed by atoms with E-state index in [2.05, 4.69) is 15.5 Å². The highest BCUT2D eigenvalue weighted by atomic mass is 35.5. The first kappa shape index (κ1) is 15.2. The summed E-state index contributed by atoms with van der Waals surface area (Å²) >= 11 is 6.01. The van der Waals surface area contributed by atoms with Crippen LogP contribution in [-0.2, 0) is 6.54 Å². The maximum Gasteiger partial charge on any atom is 0.309 e. The summed E-state index contributed by atoms with van der Waals surface area (Å²) in [5.74, 6) is -1.07. The van der Waals surface area contributed by atoms with Crippen LogP contribution in [0.25, 0.3) is 11.5 Å². The summed E-state index contributed by atoms with van der Waals surface area (Å²) < 4.78 is 18.5. The number of nitrogens with one attached hydrogen (secondary N) is 1. The predicted octanol–water partition coefficient (Wildman–Crippen LogP) is 3.46. The lowest BCUT2D eigenvalue weighted by atomic mass is 10.2. The Kier molecular flexibility index (Phi) is 4.34. The van der Waals surface area contributed by atoms with Crippen molar-refractivity contribution < 1.29 is 13.6 Å². The van der Waals surface area contributed by atoms with E-state index in [0.29, 0.717) is 10.6 Å². The Bertz CT molecular complexity index is 851. The molecule has 0 radical (unpaired) electrons. The first-order valence-corrected chi connectivity index (χ1v) is 7.12. The Morgan fingerprint density at radius 2 is 2.00 bits per heavy atom. The number of hydrogen-bond donors (Lipinski definition) is 1. The van der Waals surface area contributed by atoms with E-state index < -0.39 is 11.7 Å². The molecule has 23 heavy (non-hydrogen) atoms. The van der Waals surface area contributed by atoms with Crippen molar-refractivity contribution in [2.45, 2.75) is 6.54 Å². The molecule has 7 heteroatoms. The van der Waals surface area contributed by atoms with Crippen LogP contribution in [0.3, 0.4) is 0 Å². The van der Waals surface area contributed by atoms with Gasteiger partial charge in [0.15, 0.2) is 0 Å². The maximum absolute atomic E-state index is 13.2. The Morgan fingerprint density at radius 3 is 2.78 bits per heavy atom. The molecule has 0 saturated heterocycles. The summed E-state index contributed by atoms with van der Waals surface area (Å²) in [5, 5.41) is 10.6. The fourth-order valence-electron chi connectivity index (χ4n) is 1.95. The van der Waals surface area contributed by atoms with Crippen LogP contribution in [0.1, 0.15) is 16.2 Å². The van der Waals surface area contributed by atoms with E-state index in [1.165, 1.54) is 18.2 Å². The van der Waals surface area contributed by atoms with E-state index in [9.17, 15) is 9.18 Å². The Morgan fingerprint density at radius 1 is 1.17 bits per heavy atom. The van der Waals surface area contributed by atoms with Gasteiger partial charge in [0.05, 0.1) is 0 Å². The highest BCUT2D eigenvalue weighted by Crippen LogP contribution is 2.19. The fourth-order valence-corrected chi connectivity index (χ4v) is 2.15. The van der Waals surface area contributed by atoms with Crippen LogP contribution in [-0.4, -0.2) is 16.1 Å². The summed E-state index contributed by atoms with van der Waals surface area (Å²) in [5.41, 5.74) is 1.18. The second kappa shape index (κ2) is 6.58. The maximum atomic E-state index is 13.2. The smallest absolute Gasteiger partial charge is 0.309 e. The van der Waals surface area contributed by atoms with Crippen molar-refractivity contribution in [2.24, 2.45) is 0 Å². The van der Waals surface area contributed by atoms with Crippen molar-refractivity contribution in [3.63, 3.8) is 0 Å². The largest absolute Gasteiger partial charge is 0.412 e. The van der Waals surface area contributed by atoms with Gasteiger partial charge in [-0.2, -0.15) is 0 Å². The molecule has 5 nitrogen and oxygen atoms in total. The van der Waals surface area contributed by atoms with Crippen molar-refractivity contribution in [3.05, 3.63) is 70.8 Å². The highest BCUT2D eigenvalue weighted by Gasteiger charge is 2.16. The van der Waals surface area contributed by atoms with Crippen molar-refractivity contribution in [1.29, 1.82) is 0 Å². The number of benzene rings is 2. The molecule has 0 aliphatic rings. The quantitative estimate of drug-likeness (QED) is 0.795. The third-order valence-corrected chi connectivity index (χ3v) is 3.46. The van der Waals surface area contributed by atoms with Gasteiger partial charge >= 0.3 is 11.8 Å². The zero-order valence-electron chi connectivity index (χ0n) is 11.8. The minimum atomic E-state index is -0.528. The molecule has 0 aliphatic carbocycles. The number of hydrogen-bond acceptors (Lipinski definition) is 4. The number of amides is 1. The molecule has 0 aliphatic heterocycles. The third kappa shape index (κ3) is 3.54. The second-order valence-corrected chi connectivity index (χ2v) is 5.10. The van der Waals surface area contributed by atoms with Gasteiger partial charge in [-0.05, 0) is 29.8 Å². The van der Waals surface area contributed by atoms with E-state index >= 15 is 0 Å². The van der Waals surface area contributed by atoms with Gasteiger partial charge in [-0.15, -0.1) is 10.2 Å². The summed E-state index contributed by atoms with van der Waals surface area (Å²) in [7, 11) is 0. The average Bonchev–Trinajstić information content (AvgIpc) is 3.04. The van der Waals surface area contributed by atoms with Gasteiger partial charge in [-0.1, -0.05) is 35.9 Å². The molecule has 116 valence electrons. The lowest BCUT2D eigenvalue weighted by Crippen LogP contribution is -2.23. The average molecular weight is 332 g/mol. The Balaban J connectivity index is 1.70. The topological polar surface area (TPSA) is 68.0 Å². The number of carbonyl (C=O) groups is 1. The predicted molar refractivity (Wildman–Crippen MR) is 82.3 cm³/mol. The zero-order chi connectivity index (χ0) is 16.2. The van der Waals surface area contributed by atoms with Gasteiger partial charge in [0.1, 0.15) is 5.82 Å². The van der Waals surface area contributed by atoms with Crippen LogP contribution in [0.15, 0.2) is 52.9 Å². The van der Waals surface area contributed by atoms with Crippen LogP contribution >= 0.6 is 11.6 Å². The molecule has 0 saturated carbocycles. The highest BCUT2D eigenvalue weighted by molar-refractivity contribution is 6.31.